The number of aryl methyl sites for hydroxylation is 2. The number of hydrogen-bond donors (Lipinski definition) is 1. The Hall–Kier alpha value is -2.97. The molecule has 1 heterocycles. The minimum Gasteiger partial charge on any atom is -0.307 e. The van der Waals surface area contributed by atoms with Gasteiger partial charge in [0.2, 0.25) is 10.0 Å². The Kier molecular flexibility index (Phi) is 6.69. The molecule has 1 amide bonds. The van der Waals surface area contributed by atoms with Gasteiger partial charge in [-0.2, -0.15) is 9.40 Å². The number of benzene rings is 2. The van der Waals surface area contributed by atoms with E-state index in [0.717, 1.165) is 11.3 Å². The highest BCUT2D eigenvalue weighted by Crippen LogP contribution is 2.20. The molecule has 0 spiro atoms. The number of aromatic nitrogens is 2. The molecule has 8 heteroatoms. The average Bonchev–Trinajstić information content (AvgIpc) is 3.11. The summed E-state index contributed by atoms with van der Waals surface area (Å²) in [6, 6.07) is 17.2. The molecule has 158 valence electrons. The minimum atomic E-state index is -3.67. The van der Waals surface area contributed by atoms with Gasteiger partial charge in [0.05, 0.1) is 10.6 Å². The van der Waals surface area contributed by atoms with E-state index >= 15 is 0 Å². The zero-order valence-electron chi connectivity index (χ0n) is 17.4. The van der Waals surface area contributed by atoms with Crippen LogP contribution in [0.1, 0.15) is 35.5 Å². The lowest BCUT2D eigenvalue weighted by molar-refractivity contribution is 0.102. The molecule has 3 aromatic rings. The van der Waals surface area contributed by atoms with Gasteiger partial charge in [0.1, 0.15) is 5.82 Å². The summed E-state index contributed by atoms with van der Waals surface area (Å²) in [7, 11) is -3.67. The summed E-state index contributed by atoms with van der Waals surface area (Å²) in [5.41, 5.74) is 2.11. The van der Waals surface area contributed by atoms with Crippen LogP contribution in [-0.2, 0) is 23.1 Å². The van der Waals surface area contributed by atoms with E-state index in [9.17, 15) is 13.2 Å². The topological polar surface area (TPSA) is 84.3 Å². The molecule has 0 atom stereocenters. The van der Waals surface area contributed by atoms with Crippen molar-refractivity contribution in [2.45, 2.75) is 38.8 Å². The van der Waals surface area contributed by atoms with Crippen molar-refractivity contribution in [3.8, 4) is 0 Å². The zero-order chi connectivity index (χ0) is 21.7. The second kappa shape index (κ2) is 9.23. The lowest BCUT2D eigenvalue weighted by Crippen LogP contribution is -2.30. The number of nitrogens with zero attached hydrogens (tertiary/aromatic N) is 3. The molecule has 0 saturated heterocycles. The molecule has 1 N–H and O–H groups in total. The molecule has 0 bridgehead atoms. The van der Waals surface area contributed by atoms with Crippen molar-refractivity contribution < 1.29 is 13.2 Å². The van der Waals surface area contributed by atoms with Crippen molar-refractivity contribution in [1.82, 2.24) is 14.1 Å². The van der Waals surface area contributed by atoms with Gasteiger partial charge < -0.3 is 5.32 Å². The predicted molar refractivity (Wildman–Crippen MR) is 117 cm³/mol. The molecule has 0 aliphatic carbocycles. The summed E-state index contributed by atoms with van der Waals surface area (Å²) >= 11 is 0. The maximum atomic E-state index is 13.0. The van der Waals surface area contributed by atoms with Crippen molar-refractivity contribution in [3.63, 3.8) is 0 Å². The van der Waals surface area contributed by atoms with E-state index in [1.165, 1.54) is 28.6 Å². The zero-order valence-corrected chi connectivity index (χ0v) is 18.2. The van der Waals surface area contributed by atoms with Gasteiger partial charge in [-0.25, -0.2) is 13.1 Å². The summed E-state index contributed by atoms with van der Waals surface area (Å²) in [5, 5.41) is 7.13. The first-order chi connectivity index (χ1) is 14.3. The molecule has 30 heavy (non-hydrogen) atoms. The highest BCUT2D eigenvalue weighted by molar-refractivity contribution is 7.89. The third kappa shape index (κ3) is 4.77. The minimum absolute atomic E-state index is 0.159. The number of anilines is 1. The molecule has 0 fully saturated rings. The van der Waals surface area contributed by atoms with Crippen LogP contribution in [0.3, 0.4) is 0 Å². The second-order valence-corrected chi connectivity index (χ2v) is 8.82. The fraction of sp³-hybridized carbons (Fsp3) is 0.273. The largest absolute Gasteiger partial charge is 0.307 e. The molecular weight excluding hydrogens is 400 g/mol. The van der Waals surface area contributed by atoms with Crippen molar-refractivity contribution in [2.75, 3.05) is 11.9 Å². The Labute approximate surface area is 177 Å². The molecule has 0 unspecified atom stereocenters. The van der Waals surface area contributed by atoms with Gasteiger partial charge in [0.15, 0.2) is 0 Å². The molecule has 0 aliphatic rings. The van der Waals surface area contributed by atoms with Gasteiger partial charge in [-0.15, -0.1) is 0 Å². The SMILES string of the molecule is CCN(Cc1ccccc1)S(=O)(=O)c1ccc(C(=O)Nc2cc(C)nn2CC)cc1. The van der Waals surface area contributed by atoms with Crippen LogP contribution in [0.15, 0.2) is 65.6 Å². The van der Waals surface area contributed by atoms with E-state index in [0.29, 0.717) is 31.0 Å². The Morgan fingerprint density at radius 2 is 1.73 bits per heavy atom. The van der Waals surface area contributed by atoms with Gasteiger partial charge in [0, 0.05) is 31.3 Å². The summed E-state index contributed by atoms with van der Waals surface area (Å²) in [6.07, 6.45) is 0. The van der Waals surface area contributed by atoms with E-state index in [1.54, 1.807) is 17.7 Å². The number of amides is 1. The number of hydrogen-bond acceptors (Lipinski definition) is 4. The van der Waals surface area contributed by atoms with Crippen LogP contribution in [-0.4, -0.2) is 35.0 Å². The van der Waals surface area contributed by atoms with Crippen LogP contribution < -0.4 is 5.32 Å². The van der Waals surface area contributed by atoms with Gasteiger partial charge >= 0.3 is 0 Å². The van der Waals surface area contributed by atoms with Crippen molar-refractivity contribution in [2.24, 2.45) is 0 Å². The molecule has 1 aromatic heterocycles. The molecule has 3 rings (SSSR count). The number of nitrogens with one attached hydrogen (secondary N) is 1. The van der Waals surface area contributed by atoms with Crippen molar-refractivity contribution in [1.29, 1.82) is 0 Å². The highest BCUT2D eigenvalue weighted by atomic mass is 32.2. The number of carbonyl (C=O) groups is 1. The van der Waals surface area contributed by atoms with E-state index < -0.39 is 10.0 Å². The van der Waals surface area contributed by atoms with Crippen LogP contribution >= 0.6 is 0 Å². The summed E-state index contributed by atoms with van der Waals surface area (Å²) in [6.45, 7) is 6.88. The fourth-order valence-corrected chi connectivity index (χ4v) is 4.59. The van der Waals surface area contributed by atoms with Crippen LogP contribution in [0.5, 0.6) is 0 Å². The quantitative estimate of drug-likeness (QED) is 0.596. The maximum absolute atomic E-state index is 13.0. The molecule has 2 aromatic carbocycles. The normalized spacial score (nSPS) is 11.6. The Morgan fingerprint density at radius 3 is 2.33 bits per heavy atom. The third-order valence-corrected chi connectivity index (χ3v) is 6.69. The van der Waals surface area contributed by atoms with Gasteiger partial charge in [-0.3, -0.25) is 4.79 Å². The first kappa shape index (κ1) is 21.7. The van der Waals surface area contributed by atoms with E-state index in [1.807, 2.05) is 44.2 Å². The monoisotopic (exact) mass is 426 g/mol. The Balaban J connectivity index is 1.77. The van der Waals surface area contributed by atoms with Crippen molar-refractivity contribution in [3.05, 3.63) is 77.5 Å². The first-order valence-electron chi connectivity index (χ1n) is 9.85. The van der Waals surface area contributed by atoms with Crippen LogP contribution in [0.25, 0.3) is 0 Å². The van der Waals surface area contributed by atoms with E-state index in [2.05, 4.69) is 10.4 Å². The summed E-state index contributed by atoms with van der Waals surface area (Å²) in [5.74, 6) is 0.293. The van der Waals surface area contributed by atoms with Gasteiger partial charge in [-0.05, 0) is 43.7 Å². The fourth-order valence-electron chi connectivity index (χ4n) is 3.16. The Bertz CT molecular complexity index is 1110. The lowest BCUT2D eigenvalue weighted by atomic mass is 10.2. The van der Waals surface area contributed by atoms with E-state index in [-0.39, 0.29) is 10.8 Å². The molecule has 0 saturated carbocycles. The van der Waals surface area contributed by atoms with Gasteiger partial charge in [0.25, 0.3) is 5.91 Å². The summed E-state index contributed by atoms with van der Waals surface area (Å²) < 4.78 is 29.2. The number of rotatable bonds is 8. The number of sulfonamides is 1. The summed E-state index contributed by atoms with van der Waals surface area (Å²) in [4.78, 5) is 12.7. The standard InChI is InChI=1S/C22H26N4O3S/c1-4-25(16-18-9-7-6-8-10-18)30(28,29)20-13-11-19(12-14-20)22(27)23-21-15-17(3)24-26(21)5-2/h6-15H,4-5,16H2,1-3H3,(H,23,27). The number of carbonyl (C=O) groups excluding carboxylic acids is 1. The van der Waals surface area contributed by atoms with Crippen LogP contribution in [0.2, 0.25) is 0 Å². The third-order valence-electron chi connectivity index (χ3n) is 4.75. The predicted octanol–water partition coefficient (Wildman–Crippen LogP) is 3.67. The highest BCUT2D eigenvalue weighted by Gasteiger charge is 2.23. The molecule has 0 radical (unpaired) electrons. The second-order valence-electron chi connectivity index (χ2n) is 6.88. The van der Waals surface area contributed by atoms with Crippen LogP contribution in [0.4, 0.5) is 5.82 Å². The van der Waals surface area contributed by atoms with Crippen LogP contribution in [0, 0.1) is 6.92 Å². The molecular formula is C22H26N4O3S. The molecule has 0 aliphatic heterocycles. The smallest absolute Gasteiger partial charge is 0.256 e. The molecule has 7 nitrogen and oxygen atoms in total. The Morgan fingerprint density at radius 1 is 1.07 bits per heavy atom. The maximum Gasteiger partial charge on any atom is 0.256 e. The van der Waals surface area contributed by atoms with Gasteiger partial charge in [-0.1, -0.05) is 37.3 Å². The first-order valence-corrected chi connectivity index (χ1v) is 11.3. The van der Waals surface area contributed by atoms with Crippen molar-refractivity contribution >= 4 is 21.7 Å². The average molecular weight is 427 g/mol. The van der Waals surface area contributed by atoms with E-state index in [4.69, 9.17) is 0 Å². The lowest BCUT2D eigenvalue weighted by Gasteiger charge is -2.20.